The van der Waals surface area contributed by atoms with Gasteiger partial charge >= 0.3 is 5.69 Å². The van der Waals surface area contributed by atoms with Gasteiger partial charge in [-0.25, -0.2) is 4.79 Å². The smallest absolute Gasteiger partial charge is 0.332 e. The molecule has 4 rings (SSSR count). The highest BCUT2D eigenvalue weighted by Crippen LogP contribution is 2.23. The predicted octanol–water partition coefficient (Wildman–Crippen LogP) is 1.32. The highest BCUT2D eigenvalue weighted by atomic mass is 16.2. The third-order valence-electron chi connectivity index (χ3n) is 6.68. The molecule has 0 aliphatic carbocycles. The summed E-state index contributed by atoms with van der Waals surface area (Å²) >= 11 is 0. The zero-order valence-electron chi connectivity index (χ0n) is 22.2. The lowest BCUT2D eigenvalue weighted by Crippen LogP contribution is -2.44. The van der Waals surface area contributed by atoms with Crippen molar-refractivity contribution in [1.29, 1.82) is 0 Å². The summed E-state index contributed by atoms with van der Waals surface area (Å²) in [6, 6.07) is 6.52. The first-order valence-electron chi connectivity index (χ1n) is 12.7. The van der Waals surface area contributed by atoms with Gasteiger partial charge < -0.3 is 16.0 Å². The van der Waals surface area contributed by atoms with E-state index in [0.29, 0.717) is 18.2 Å². The number of anilines is 2. The van der Waals surface area contributed by atoms with Crippen LogP contribution >= 0.6 is 0 Å². The Morgan fingerprint density at radius 1 is 1.21 bits per heavy atom. The van der Waals surface area contributed by atoms with Crippen LogP contribution in [0.15, 0.2) is 33.9 Å². The van der Waals surface area contributed by atoms with Gasteiger partial charge in [-0.3, -0.25) is 28.1 Å². The molecule has 3 heterocycles. The van der Waals surface area contributed by atoms with Gasteiger partial charge in [-0.2, -0.15) is 4.98 Å². The molecule has 0 bridgehead atoms. The van der Waals surface area contributed by atoms with Crippen LogP contribution in [0.25, 0.3) is 11.2 Å². The first kappa shape index (κ1) is 26.9. The van der Waals surface area contributed by atoms with E-state index in [1.54, 1.807) is 49.6 Å². The zero-order chi connectivity index (χ0) is 27.6. The van der Waals surface area contributed by atoms with E-state index in [-0.39, 0.29) is 41.1 Å². The lowest BCUT2D eigenvalue weighted by atomic mass is 10.1. The molecule has 1 aliphatic rings. The van der Waals surface area contributed by atoms with Crippen LogP contribution in [0, 0.1) is 17.8 Å². The molecule has 38 heavy (non-hydrogen) atoms. The molecular weight excluding hydrogens is 486 g/mol. The number of piperidine rings is 1. The van der Waals surface area contributed by atoms with E-state index < -0.39 is 23.6 Å². The van der Waals surface area contributed by atoms with E-state index in [1.165, 1.54) is 11.6 Å². The Bertz CT molecular complexity index is 1570. The summed E-state index contributed by atoms with van der Waals surface area (Å²) < 4.78 is 3.89. The maximum Gasteiger partial charge on any atom is 0.332 e. The Morgan fingerprint density at radius 3 is 2.63 bits per heavy atom. The fourth-order valence-corrected chi connectivity index (χ4v) is 4.58. The van der Waals surface area contributed by atoms with E-state index >= 15 is 0 Å². The number of hydrogen-bond acceptors (Lipinski definition) is 7. The molecule has 2 aromatic heterocycles. The van der Waals surface area contributed by atoms with Crippen molar-refractivity contribution in [3.8, 4) is 11.8 Å². The van der Waals surface area contributed by atoms with E-state index in [0.717, 1.165) is 24.0 Å². The zero-order valence-corrected chi connectivity index (χ0v) is 22.2. The first-order chi connectivity index (χ1) is 18.1. The molecule has 0 radical (unpaired) electrons. The fraction of sp³-hybridized carbons (Fsp3) is 0.444. The number of carbonyl (C=O) groups is 2. The Morgan fingerprint density at radius 2 is 1.95 bits per heavy atom. The van der Waals surface area contributed by atoms with Gasteiger partial charge in [0.1, 0.15) is 0 Å². The maximum absolute atomic E-state index is 13.7. The van der Waals surface area contributed by atoms with Crippen molar-refractivity contribution >= 4 is 34.5 Å². The number of fused-ring (bicyclic) bond motifs is 1. The van der Waals surface area contributed by atoms with Gasteiger partial charge in [0.2, 0.25) is 11.9 Å². The number of aromatic nitrogens is 4. The number of imidazole rings is 1. The number of rotatable bonds is 7. The van der Waals surface area contributed by atoms with Gasteiger partial charge in [0.25, 0.3) is 5.56 Å². The minimum Gasteiger partial charge on any atom is -0.341 e. The Labute approximate surface area is 220 Å². The van der Waals surface area contributed by atoms with Crippen LogP contribution < -0.4 is 27.2 Å². The summed E-state index contributed by atoms with van der Waals surface area (Å²) in [5.41, 5.74) is 5.86. The summed E-state index contributed by atoms with van der Waals surface area (Å²) in [6.45, 7) is 6.19. The van der Waals surface area contributed by atoms with Crippen LogP contribution in [0.5, 0.6) is 0 Å². The number of ketones is 1. The summed E-state index contributed by atoms with van der Waals surface area (Å²) in [5, 5.41) is 2.75. The monoisotopic (exact) mass is 519 g/mol. The number of nitrogens with zero attached hydrogens (tertiary/aromatic N) is 5. The van der Waals surface area contributed by atoms with E-state index in [9.17, 15) is 19.2 Å². The number of para-hydroxylation sites is 1. The van der Waals surface area contributed by atoms with Crippen LogP contribution in [0.3, 0.4) is 0 Å². The van der Waals surface area contributed by atoms with Gasteiger partial charge in [-0.15, -0.1) is 5.92 Å². The quantitative estimate of drug-likeness (QED) is 0.355. The summed E-state index contributed by atoms with van der Waals surface area (Å²) in [6.07, 6.45) is 1.78. The third kappa shape index (κ3) is 5.13. The van der Waals surface area contributed by atoms with E-state index in [4.69, 9.17) is 5.73 Å². The second-order valence-corrected chi connectivity index (χ2v) is 9.79. The Kier molecular flexibility index (Phi) is 7.83. The Hall–Kier alpha value is -4.17. The molecule has 1 saturated heterocycles. The third-order valence-corrected chi connectivity index (χ3v) is 6.68. The summed E-state index contributed by atoms with van der Waals surface area (Å²) in [4.78, 5) is 59.3. The van der Waals surface area contributed by atoms with Crippen LogP contribution in [0.4, 0.5) is 11.6 Å². The number of amides is 1. The molecule has 11 heteroatoms. The van der Waals surface area contributed by atoms with Crippen molar-refractivity contribution in [1.82, 2.24) is 18.7 Å². The van der Waals surface area contributed by atoms with Gasteiger partial charge in [0, 0.05) is 37.7 Å². The van der Waals surface area contributed by atoms with Gasteiger partial charge in [-0.05, 0) is 31.9 Å². The average molecular weight is 520 g/mol. The van der Waals surface area contributed by atoms with Crippen LogP contribution in [0.2, 0.25) is 0 Å². The Balaban J connectivity index is 1.81. The number of aryl methyl sites for hydroxylation is 1. The SMILES string of the molecule is CC#CCn1c(N2CCC[C@H](N)C2)nc2c1c(=O)n(CC(=O)c1ccccc1NC(=O)C(C)C)c(=O)n2C. The van der Waals surface area contributed by atoms with Crippen molar-refractivity contribution in [3.63, 3.8) is 0 Å². The number of benzene rings is 1. The highest BCUT2D eigenvalue weighted by Gasteiger charge is 2.27. The van der Waals surface area contributed by atoms with Gasteiger partial charge in [-0.1, -0.05) is 31.9 Å². The van der Waals surface area contributed by atoms with E-state index in [2.05, 4.69) is 22.1 Å². The molecule has 11 nitrogen and oxygen atoms in total. The normalized spacial score (nSPS) is 15.4. The first-order valence-corrected chi connectivity index (χ1v) is 12.7. The summed E-state index contributed by atoms with van der Waals surface area (Å²) in [5.74, 6) is 5.34. The second kappa shape index (κ2) is 11.1. The molecule has 1 atom stereocenters. The predicted molar refractivity (Wildman–Crippen MR) is 146 cm³/mol. The molecule has 0 spiro atoms. The molecule has 0 unspecified atom stereocenters. The number of Topliss-reactive ketones (excluding diaryl/α,β-unsaturated/α-hetero) is 1. The minimum absolute atomic E-state index is 0.0244. The molecule has 1 aromatic carbocycles. The molecule has 1 aliphatic heterocycles. The number of nitrogens with one attached hydrogen (secondary N) is 1. The fourth-order valence-electron chi connectivity index (χ4n) is 4.58. The molecule has 0 saturated carbocycles. The maximum atomic E-state index is 13.7. The van der Waals surface area contributed by atoms with Crippen molar-refractivity contribution in [2.24, 2.45) is 18.7 Å². The highest BCUT2D eigenvalue weighted by molar-refractivity contribution is 6.05. The van der Waals surface area contributed by atoms with Crippen LogP contribution in [-0.4, -0.2) is 49.5 Å². The molecule has 200 valence electrons. The average Bonchev–Trinajstić information content (AvgIpc) is 3.28. The second-order valence-electron chi connectivity index (χ2n) is 9.79. The van der Waals surface area contributed by atoms with Crippen molar-refractivity contribution in [2.75, 3.05) is 23.3 Å². The topological polar surface area (TPSA) is 137 Å². The van der Waals surface area contributed by atoms with Crippen molar-refractivity contribution in [2.45, 2.75) is 52.7 Å². The minimum atomic E-state index is -0.660. The lowest BCUT2D eigenvalue weighted by Gasteiger charge is -2.31. The standard InChI is InChI=1S/C27H33N7O4/c1-5-6-14-33-22-23(30-26(33)32-13-9-10-18(28)15-32)31(4)27(38)34(25(22)37)16-21(35)19-11-7-8-12-20(19)29-24(36)17(2)3/h7-8,11-12,17-18H,9-10,13-16,28H2,1-4H3,(H,29,36)/t18-/m0/s1. The molecular formula is C27H33N7O4. The lowest BCUT2D eigenvalue weighted by molar-refractivity contribution is -0.118. The number of carbonyl (C=O) groups excluding carboxylic acids is 2. The molecule has 1 amide bonds. The van der Waals surface area contributed by atoms with Crippen molar-refractivity contribution < 1.29 is 9.59 Å². The van der Waals surface area contributed by atoms with E-state index in [1.807, 2.05) is 4.90 Å². The van der Waals surface area contributed by atoms with Gasteiger partial charge in [0.05, 0.1) is 18.8 Å². The van der Waals surface area contributed by atoms with Crippen molar-refractivity contribution in [3.05, 3.63) is 50.7 Å². The number of hydrogen-bond donors (Lipinski definition) is 2. The number of nitrogens with two attached hydrogens (primary N) is 1. The van der Waals surface area contributed by atoms with Crippen LogP contribution in [-0.2, 0) is 24.9 Å². The van der Waals surface area contributed by atoms with Crippen LogP contribution in [0.1, 0.15) is 44.0 Å². The molecule has 3 aromatic rings. The van der Waals surface area contributed by atoms with Gasteiger partial charge in [0.15, 0.2) is 16.9 Å². The molecule has 1 fully saturated rings. The largest absolute Gasteiger partial charge is 0.341 e. The molecule has 3 N–H and O–H groups in total. The summed E-state index contributed by atoms with van der Waals surface area (Å²) in [7, 11) is 1.52.